The van der Waals surface area contributed by atoms with Gasteiger partial charge in [-0.3, -0.25) is 4.79 Å². The van der Waals surface area contributed by atoms with Crippen LogP contribution in [0.1, 0.15) is 29.0 Å². The minimum absolute atomic E-state index is 0.129. The number of benzene rings is 2. The van der Waals surface area contributed by atoms with Gasteiger partial charge in [-0.1, -0.05) is 30.3 Å². The Balaban J connectivity index is 1.53. The molecule has 0 bridgehead atoms. The fraction of sp³-hybridized carbons (Fsp3) is 0.259. The van der Waals surface area contributed by atoms with E-state index in [1.807, 2.05) is 66.5 Å². The first-order chi connectivity index (χ1) is 16.6. The lowest BCUT2D eigenvalue weighted by molar-refractivity contribution is 0.0702. The van der Waals surface area contributed by atoms with Gasteiger partial charge in [0.15, 0.2) is 5.76 Å². The highest BCUT2D eigenvalue weighted by Crippen LogP contribution is 2.36. The number of carbonyl (C=O) groups is 1. The lowest BCUT2D eigenvalue weighted by atomic mass is 10.1. The van der Waals surface area contributed by atoms with E-state index in [4.69, 9.17) is 19.0 Å². The van der Waals surface area contributed by atoms with Gasteiger partial charge in [-0.25, -0.2) is 4.68 Å². The summed E-state index contributed by atoms with van der Waals surface area (Å²) in [5.41, 5.74) is 2.61. The number of aryl methyl sites for hydroxylation is 1. The average molecular weight is 458 g/mol. The van der Waals surface area contributed by atoms with E-state index < -0.39 is 0 Å². The second kappa shape index (κ2) is 9.47. The molecule has 0 radical (unpaired) electrons. The summed E-state index contributed by atoms with van der Waals surface area (Å²) in [6.45, 7) is 1.03. The van der Waals surface area contributed by atoms with Crippen LogP contribution in [0.5, 0.6) is 17.4 Å². The molecule has 4 aromatic rings. The zero-order chi connectivity index (χ0) is 23.5. The Labute approximate surface area is 198 Å². The van der Waals surface area contributed by atoms with Crippen LogP contribution in [0.15, 0.2) is 77.4 Å². The minimum Gasteiger partial charge on any atom is -0.497 e. The van der Waals surface area contributed by atoms with Crippen molar-refractivity contribution in [2.75, 3.05) is 13.7 Å². The maximum atomic E-state index is 13.3. The zero-order valence-corrected chi connectivity index (χ0v) is 19.3. The quantitative estimate of drug-likeness (QED) is 0.330. The first kappa shape index (κ1) is 21.8. The number of hydrogen-bond donors (Lipinski definition) is 0. The Bertz CT molecular complexity index is 1240. The third kappa shape index (κ3) is 4.69. The molecule has 1 aliphatic rings. The number of carbonyl (C=O) groups excluding carboxylic acids is 1. The van der Waals surface area contributed by atoms with Gasteiger partial charge in [0.1, 0.15) is 17.2 Å². The molecule has 2 heterocycles. The standard InChI is InChI=1S/C27H27N3O4/c1-29-27(34-22-14-12-21(32-2)13-15-22)23(25(28-29)20-7-4-3-5-8-20)18-30(17-19-10-11-19)26(31)24-9-6-16-33-24/h3-9,12-16,19H,10-11,17-18H2,1-2H3. The van der Waals surface area contributed by atoms with Gasteiger partial charge in [0.2, 0.25) is 5.88 Å². The van der Waals surface area contributed by atoms with Crippen LogP contribution < -0.4 is 9.47 Å². The topological polar surface area (TPSA) is 69.7 Å². The highest BCUT2D eigenvalue weighted by Gasteiger charge is 2.31. The van der Waals surface area contributed by atoms with E-state index in [1.165, 1.54) is 6.26 Å². The SMILES string of the molecule is COc1ccc(Oc2c(CN(CC3CC3)C(=O)c3ccco3)c(-c3ccccc3)nn2C)cc1. The molecule has 1 fully saturated rings. The van der Waals surface area contributed by atoms with Crippen LogP contribution in [-0.2, 0) is 13.6 Å². The first-order valence-electron chi connectivity index (χ1n) is 11.4. The lowest BCUT2D eigenvalue weighted by Gasteiger charge is -2.22. The van der Waals surface area contributed by atoms with Crippen molar-refractivity contribution in [3.63, 3.8) is 0 Å². The average Bonchev–Trinajstić information content (AvgIpc) is 3.41. The highest BCUT2D eigenvalue weighted by atomic mass is 16.5. The van der Waals surface area contributed by atoms with Crippen molar-refractivity contribution in [2.24, 2.45) is 13.0 Å². The lowest BCUT2D eigenvalue weighted by Crippen LogP contribution is -2.32. The van der Waals surface area contributed by atoms with Crippen LogP contribution in [0.2, 0.25) is 0 Å². The predicted molar refractivity (Wildman–Crippen MR) is 128 cm³/mol. The van der Waals surface area contributed by atoms with Gasteiger partial charge in [-0.2, -0.15) is 5.10 Å². The molecule has 0 N–H and O–H groups in total. The molecule has 7 nitrogen and oxygen atoms in total. The molecule has 1 saturated carbocycles. The Morgan fingerprint density at radius 2 is 1.79 bits per heavy atom. The van der Waals surface area contributed by atoms with E-state index >= 15 is 0 Å². The molecule has 0 aliphatic heterocycles. The van der Waals surface area contributed by atoms with Gasteiger partial charge in [0.05, 0.1) is 25.5 Å². The molecule has 34 heavy (non-hydrogen) atoms. The highest BCUT2D eigenvalue weighted by molar-refractivity contribution is 5.91. The van der Waals surface area contributed by atoms with Crippen molar-refractivity contribution in [1.29, 1.82) is 0 Å². The number of ether oxygens (including phenoxy) is 2. The molecule has 2 aromatic heterocycles. The van der Waals surface area contributed by atoms with E-state index in [2.05, 4.69) is 0 Å². The predicted octanol–water partition coefficient (Wildman–Crippen LogP) is 5.53. The number of furan rings is 1. The molecule has 0 saturated heterocycles. The Morgan fingerprint density at radius 3 is 2.44 bits per heavy atom. The van der Waals surface area contributed by atoms with Gasteiger partial charge in [-0.05, 0) is 55.2 Å². The summed E-state index contributed by atoms with van der Waals surface area (Å²) < 4.78 is 18.7. The monoisotopic (exact) mass is 457 g/mol. The fourth-order valence-corrected chi connectivity index (χ4v) is 3.98. The van der Waals surface area contributed by atoms with Gasteiger partial charge in [-0.15, -0.1) is 0 Å². The zero-order valence-electron chi connectivity index (χ0n) is 19.3. The molecule has 2 aromatic carbocycles. The van der Waals surface area contributed by atoms with Crippen molar-refractivity contribution in [1.82, 2.24) is 14.7 Å². The third-order valence-electron chi connectivity index (χ3n) is 5.95. The van der Waals surface area contributed by atoms with Crippen LogP contribution in [0.25, 0.3) is 11.3 Å². The third-order valence-corrected chi connectivity index (χ3v) is 5.95. The van der Waals surface area contributed by atoms with Gasteiger partial charge in [0, 0.05) is 19.2 Å². The number of rotatable bonds is 9. The second-order valence-electron chi connectivity index (χ2n) is 8.51. The van der Waals surface area contributed by atoms with Gasteiger partial charge >= 0.3 is 0 Å². The smallest absolute Gasteiger partial charge is 0.289 e. The Kier molecular flexibility index (Phi) is 6.08. The van der Waals surface area contributed by atoms with Gasteiger partial charge < -0.3 is 18.8 Å². The molecule has 1 aliphatic carbocycles. The van der Waals surface area contributed by atoms with Crippen LogP contribution >= 0.6 is 0 Å². The van der Waals surface area contributed by atoms with Crippen LogP contribution in [0, 0.1) is 5.92 Å². The van der Waals surface area contributed by atoms with Crippen molar-refractivity contribution < 1.29 is 18.7 Å². The van der Waals surface area contributed by atoms with E-state index in [9.17, 15) is 4.79 Å². The number of hydrogen-bond acceptors (Lipinski definition) is 5. The van der Waals surface area contributed by atoms with Crippen molar-refractivity contribution in [3.8, 4) is 28.6 Å². The Hall–Kier alpha value is -4.00. The first-order valence-corrected chi connectivity index (χ1v) is 11.4. The van der Waals surface area contributed by atoms with Crippen molar-refractivity contribution >= 4 is 5.91 Å². The molecule has 5 rings (SSSR count). The number of methoxy groups -OCH3 is 1. The summed E-state index contributed by atoms with van der Waals surface area (Å²) in [7, 11) is 3.49. The molecule has 174 valence electrons. The van der Waals surface area contributed by atoms with E-state index in [0.29, 0.717) is 36.4 Å². The molecule has 1 amide bonds. The van der Waals surface area contributed by atoms with Crippen LogP contribution in [-0.4, -0.2) is 34.2 Å². The maximum Gasteiger partial charge on any atom is 0.289 e. The van der Waals surface area contributed by atoms with Crippen LogP contribution in [0.4, 0.5) is 0 Å². The number of nitrogens with zero attached hydrogens (tertiary/aromatic N) is 3. The summed E-state index contributed by atoms with van der Waals surface area (Å²) in [5.74, 6) is 2.73. The summed E-state index contributed by atoms with van der Waals surface area (Å²) in [6.07, 6.45) is 3.80. The van der Waals surface area contributed by atoms with E-state index in [-0.39, 0.29) is 5.91 Å². The molecule has 7 heteroatoms. The Morgan fingerprint density at radius 1 is 1.06 bits per heavy atom. The van der Waals surface area contributed by atoms with Crippen LogP contribution in [0.3, 0.4) is 0 Å². The fourth-order valence-electron chi connectivity index (χ4n) is 3.98. The summed E-state index contributed by atoms with van der Waals surface area (Å²) in [4.78, 5) is 15.2. The minimum atomic E-state index is -0.129. The second-order valence-corrected chi connectivity index (χ2v) is 8.51. The summed E-state index contributed by atoms with van der Waals surface area (Å²) in [6, 6.07) is 20.8. The maximum absolute atomic E-state index is 13.3. The summed E-state index contributed by atoms with van der Waals surface area (Å²) >= 11 is 0. The molecule has 0 unspecified atom stereocenters. The van der Waals surface area contributed by atoms with Gasteiger partial charge in [0.25, 0.3) is 5.91 Å². The molecular formula is C27H27N3O4. The van der Waals surface area contributed by atoms with Crippen molar-refractivity contribution in [2.45, 2.75) is 19.4 Å². The number of amides is 1. The van der Waals surface area contributed by atoms with E-state index in [0.717, 1.165) is 35.4 Å². The molecule has 0 spiro atoms. The normalized spacial score (nSPS) is 13.0. The summed E-state index contributed by atoms with van der Waals surface area (Å²) in [5, 5.41) is 4.79. The number of aromatic nitrogens is 2. The molecular weight excluding hydrogens is 430 g/mol. The van der Waals surface area contributed by atoms with Crippen molar-refractivity contribution in [3.05, 3.63) is 84.3 Å². The van der Waals surface area contributed by atoms with E-state index in [1.54, 1.807) is 23.9 Å². The largest absolute Gasteiger partial charge is 0.497 e. The molecule has 0 atom stereocenters.